The van der Waals surface area contributed by atoms with Crippen LogP contribution in [-0.2, 0) is 0 Å². The maximum absolute atomic E-state index is 9.07. The summed E-state index contributed by atoms with van der Waals surface area (Å²) in [6.45, 7) is 4.23. The highest BCUT2D eigenvalue weighted by atomic mass is 15.0. The molecule has 1 aliphatic rings. The highest BCUT2D eigenvalue weighted by molar-refractivity contribution is 5.09. The van der Waals surface area contributed by atoms with E-state index in [2.05, 4.69) is 25.2 Å². The monoisotopic (exact) mass is 166 g/mol. The highest BCUT2D eigenvalue weighted by Gasteiger charge is 2.33. The lowest BCUT2D eigenvalue weighted by Crippen LogP contribution is -2.44. The van der Waals surface area contributed by atoms with Crippen molar-refractivity contribution in [3.8, 4) is 6.07 Å². The van der Waals surface area contributed by atoms with Crippen molar-refractivity contribution >= 4 is 0 Å². The number of hydrogen-bond acceptors (Lipinski definition) is 2. The molecule has 1 N–H and O–H groups in total. The summed E-state index contributed by atoms with van der Waals surface area (Å²) in [5, 5.41) is 12.5. The van der Waals surface area contributed by atoms with E-state index in [9.17, 15) is 0 Å². The van der Waals surface area contributed by atoms with Crippen LogP contribution >= 0.6 is 0 Å². The van der Waals surface area contributed by atoms with E-state index in [0.29, 0.717) is 6.04 Å². The van der Waals surface area contributed by atoms with Crippen LogP contribution < -0.4 is 5.32 Å². The molecular weight excluding hydrogens is 148 g/mol. The number of nitriles is 1. The molecule has 0 bridgehead atoms. The quantitative estimate of drug-likeness (QED) is 0.679. The molecule has 0 aromatic rings. The van der Waals surface area contributed by atoms with Crippen molar-refractivity contribution in [2.45, 2.75) is 57.5 Å². The lowest BCUT2D eigenvalue weighted by molar-refractivity contribution is 0.366. The summed E-state index contributed by atoms with van der Waals surface area (Å²) in [5.74, 6) is 0. The molecule has 1 fully saturated rings. The lowest BCUT2D eigenvalue weighted by atomic mass is 9.92. The molecule has 0 amide bonds. The summed E-state index contributed by atoms with van der Waals surface area (Å²) in [4.78, 5) is 0. The van der Waals surface area contributed by atoms with Gasteiger partial charge in [-0.15, -0.1) is 0 Å². The first-order valence-corrected chi connectivity index (χ1v) is 4.95. The van der Waals surface area contributed by atoms with E-state index >= 15 is 0 Å². The van der Waals surface area contributed by atoms with E-state index in [0.717, 1.165) is 19.3 Å². The van der Waals surface area contributed by atoms with Gasteiger partial charge in [0.2, 0.25) is 0 Å². The van der Waals surface area contributed by atoms with Crippen LogP contribution in [0, 0.1) is 11.3 Å². The number of nitrogens with zero attached hydrogens (tertiary/aromatic N) is 1. The zero-order chi connectivity index (χ0) is 9.03. The van der Waals surface area contributed by atoms with Crippen molar-refractivity contribution in [1.29, 1.82) is 5.26 Å². The highest BCUT2D eigenvalue weighted by Crippen LogP contribution is 2.26. The van der Waals surface area contributed by atoms with E-state index in [1.807, 2.05) is 0 Å². The number of hydrogen-bond donors (Lipinski definition) is 1. The standard InChI is InChI=1S/C10H18N2/c1-3-7-10(4-2,8-11)12-9-5-6-9/h9,12H,3-7H2,1-2H3. The molecule has 0 aromatic heterocycles. The third-order valence-electron chi connectivity index (χ3n) is 2.55. The van der Waals surface area contributed by atoms with Gasteiger partial charge in [-0.3, -0.25) is 5.32 Å². The van der Waals surface area contributed by atoms with Gasteiger partial charge < -0.3 is 0 Å². The van der Waals surface area contributed by atoms with Gasteiger partial charge in [-0.1, -0.05) is 20.3 Å². The van der Waals surface area contributed by atoms with Gasteiger partial charge in [-0.25, -0.2) is 0 Å². The molecule has 1 rings (SSSR count). The van der Waals surface area contributed by atoms with Crippen molar-refractivity contribution < 1.29 is 0 Å². The van der Waals surface area contributed by atoms with Crippen LogP contribution in [0.1, 0.15) is 46.0 Å². The van der Waals surface area contributed by atoms with Gasteiger partial charge in [-0.2, -0.15) is 5.26 Å². The average molecular weight is 166 g/mol. The number of rotatable bonds is 5. The smallest absolute Gasteiger partial charge is 0.106 e. The summed E-state index contributed by atoms with van der Waals surface area (Å²) in [7, 11) is 0. The minimum Gasteiger partial charge on any atom is -0.297 e. The predicted octanol–water partition coefficient (Wildman–Crippen LogP) is 2.21. The van der Waals surface area contributed by atoms with Gasteiger partial charge in [0.1, 0.15) is 5.54 Å². The van der Waals surface area contributed by atoms with Gasteiger partial charge in [0, 0.05) is 6.04 Å². The minimum atomic E-state index is -0.226. The Morgan fingerprint density at radius 1 is 1.50 bits per heavy atom. The minimum absolute atomic E-state index is 0.226. The Kier molecular flexibility index (Phi) is 3.11. The molecule has 0 saturated heterocycles. The summed E-state index contributed by atoms with van der Waals surface area (Å²) in [5.41, 5.74) is -0.226. The fourth-order valence-electron chi connectivity index (χ4n) is 1.56. The average Bonchev–Trinajstić information content (AvgIpc) is 2.87. The Hall–Kier alpha value is -0.550. The zero-order valence-electron chi connectivity index (χ0n) is 8.06. The van der Waals surface area contributed by atoms with E-state index in [4.69, 9.17) is 5.26 Å². The van der Waals surface area contributed by atoms with Crippen molar-refractivity contribution in [3.63, 3.8) is 0 Å². The van der Waals surface area contributed by atoms with E-state index < -0.39 is 0 Å². The van der Waals surface area contributed by atoms with Crippen LogP contribution in [0.3, 0.4) is 0 Å². The summed E-state index contributed by atoms with van der Waals surface area (Å²) in [6.07, 6.45) is 5.51. The van der Waals surface area contributed by atoms with Gasteiger partial charge >= 0.3 is 0 Å². The van der Waals surface area contributed by atoms with Crippen LogP contribution in [0.25, 0.3) is 0 Å². The molecule has 0 radical (unpaired) electrons. The molecule has 2 nitrogen and oxygen atoms in total. The third kappa shape index (κ3) is 2.22. The Labute approximate surface area is 75.0 Å². The van der Waals surface area contributed by atoms with Gasteiger partial charge in [0.05, 0.1) is 6.07 Å². The fraction of sp³-hybridized carbons (Fsp3) is 0.900. The van der Waals surface area contributed by atoms with Crippen LogP contribution in [-0.4, -0.2) is 11.6 Å². The second kappa shape index (κ2) is 3.91. The molecule has 0 heterocycles. The van der Waals surface area contributed by atoms with Crippen LogP contribution in [0.5, 0.6) is 0 Å². The number of nitrogens with one attached hydrogen (secondary N) is 1. The van der Waals surface area contributed by atoms with Gasteiger partial charge in [0.25, 0.3) is 0 Å². The van der Waals surface area contributed by atoms with Gasteiger partial charge in [-0.05, 0) is 25.7 Å². The molecule has 1 saturated carbocycles. The molecule has 68 valence electrons. The Balaban J connectivity index is 2.49. The van der Waals surface area contributed by atoms with Gasteiger partial charge in [0.15, 0.2) is 0 Å². The van der Waals surface area contributed by atoms with Crippen LogP contribution in [0.4, 0.5) is 0 Å². The maximum atomic E-state index is 9.07. The summed E-state index contributed by atoms with van der Waals surface area (Å²) in [6, 6.07) is 3.06. The fourth-order valence-corrected chi connectivity index (χ4v) is 1.56. The van der Waals surface area contributed by atoms with E-state index in [1.165, 1.54) is 12.8 Å². The molecule has 0 spiro atoms. The third-order valence-corrected chi connectivity index (χ3v) is 2.55. The molecule has 2 heteroatoms. The largest absolute Gasteiger partial charge is 0.297 e. The normalized spacial score (nSPS) is 21.4. The van der Waals surface area contributed by atoms with Crippen molar-refractivity contribution in [2.24, 2.45) is 0 Å². The van der Waals surface area contributed by atoms with Crippen LogP contribution in [0.15, 0.2) is 0 Å². The topological polar surface area (TPSA) is 35.8 Å². The Morgan fingerprint density at radius 2 is 2.17 bits per heavy atom. The van der Waals surface area contributed by atoms with Crippen LogP contribution in [0.2, 0.25) is 0 Å². The summed E-state index contributed by atoms with van der Waals surface area (Å²) >= 11 is 0. The molecular formula is C10H18N2. The Morgan fingerprint density at radius 3 is 2.50 bits per heavy atom. The molecule has 1 aliphatic carbocycles. The zero-order valence-corrected chi connectivity index (χ0v) is 8.06. The first-order chi connectivity index (χ1) is 5.76. The second-order valence-electron chi connectivity index (χ2n) is 3.72. The summed E-state index contributed by atoms with van der Waals surface area (Å²) < 4.78 is 0. The second-order valence-corrected chi connectivity index (χ2v) is 3.72. The van der Waals surface area contributed by atoms with Crippen molar-refractivity contribution in [3.05, 3.63) is 0 Å². The lowest BCUT2D eigenvalue weighted by Gasteiger charge is -2.26. The maximum Gasteiger partial charge on any atom is 0.106 e. The molecule has 12 heavy (non-hydrogen) atoms. The molecule has 1 unspecified atom stereocenters. The van der Waals surface area contributed by atoms with E-state index in [-0.39, 0.29) is 5.54 Å². The van der Waals surface area contributed by atoms with Crippen molar-refractivity contribution in [1.82, 2.24) is 5.32 Å². The molecule has 0 aromatic carbocycles. The Bertz CT molecular complexity index is 179. The SMILES string of the molecule is CCCC(C#N)(CC)NC1CC1. The van der Waals surface area contributed by atoms with E-state index in [1.54, 1.807) is 0 Å². The first kappa shape index (κ1) is 9.54. The first-order valence-electron chi connectivity index (χ1n) is 4.95. The molecule has 0 aliphatic heterocycles. The molecule has 1 atom stereocenters. The predicted molar refractivity (Wildman–Crippen MR) is 49.7 cm³/mol. The van der Waals surface area contributed by atoms with Crippen molar-refractivity contribution in [2.75, 3.05) is 0 Å².